The van der Waals surface area contributed by atoms with Gasteiger partial charge >= 0.3 is 0 Å². The Morgan fingerprint density at radius 1 is 1.25 bits per heavy atom. The third-order valence-electron chi connectivity index (χ3n) is 3.76. The molecule has 2 fully saturated rings. The molecule has 0 saturated heterocycles. The summed E-state index contributed by atoms with van der Waals surface area (Å²) in [6, 6.07) is 0.740. The van der Waals surface area contributed by atoms with E-state index in [4.69, 9.17) is 0 Å². The van der Waals surface area contributed by atoms with Gasteiger partial charge in [0, 0.05) is 18.3 Å². The Morgan fingerprint density at radius 3 is 2.44 bits per heavy atom. The largest absolute Gasteiger partial charge is 0.313 e. The van der Waals surface area contributed by atoms with E-state index in [9.17, 15) is 8.42 Å². The second-order valence-electron chi connectivity index (χ2n) is 5.56. The van der Waals surface area contributed by atoms with Crippen LogP contribution in [-0.4, -0.2) is 32.5 Å². The molecule has 0 radical (unpaired) electrons. The molecule has 0 unspecified atom stereocenters. The Balaban J connectivity index is 1.71. The van der Waals surface area contributed by atoms with Crippen molar-refractivity contribution in [3.8, 4) is 0 Å². The van der Waals surface area contributed by atoms with Gasteiger partial charge in [0.25, 0.3) is 0 Å². The third kappa shape index (κ3) is 3.74. The van der Waals surface area contributed by atoms with Crippen LogP contribution >= 0.6 is 0 Å². The highest BCUT2D eigenvalue weighted by atomic mass is 32.2. The maximum Gasteiger partial charge on any atom is 0.150 e. The van der Waals surface area contributed by atoms with Crippen molar-refractivity contribution in [2.24, 2.45) is 5.41 Å². The SMILES string of the molecule is CCCS(=O)(=O)CCC1(CNC2CC2)CC1. The van der Waals surface area contributed by atoms with Crippen molar-refractivity contribution in [3.05, 3.63) is 0 Å². The van der Waals surface area contributed by atoms with E-state index in [1.54, 1.807) is 0 Å². The van der Waals surface area contributed by atoms with Gasteiger partial charge in [0.1, 0.15) is 9.84 Å². The van der Waals surface area contributed by atoms with Crippen LogP contribution < -0.4 is 5.32 Å². The van der Waals surface area contributed by atoms with Crippen LogP contribution in [0.1, 0.15) is 45.4 Å². The number of hydrogen-bond acceptors (Lipinski definition) is 3. The zero-order valence-corrected chi connectivity index (χ0v) is 11.0. The molecule has 0 spiro atoms. The molecule has 0 atom stereocenters. The lowest BCUT2D eigenvalue weighted by atomic mass is 10.0. The van der Waals surface area contributed by atoms with Gasteiger partial charge in [-0.2, -0.15) is 0 Å². The maximum atomic E-state index is 11.6. The molecule has 4 heteroatoms. The van der Waals surface area contributed by atoms with Gasteiger partial charge in [0.05, 0.1) is 5.75 Å². The number of rotatable bonds is 8. The van der Waals surface area contributed by atoms with Crippen molar-refractivity contribution in [2.45, 2.75) is 51.5 Å². The van der Waals surface area contributed by atoms with E-state index in [-0.39, 0.29) is 0 Å². The molecule has 0 aromatic carbocycles. The lowest BCUT2D eigenvalue weighted by Gasteiger charge is -2.15. The predicted octanol–water partition coefficient (Wildman–Crippen LogP) is 1.73. The zero-order chi connectivity index (χ0) is 11.6. The summed E-state index contributed by atoms with van der Waals surface area (Å²) in [7, 11) is -2.78. The first-order valence-corrected chi connectivity index (χ1v) is 8.31. The van der Waals surface area contributed by atoms with E-state index in [1.165, 1.54) is 25.7 Å². The second kappa shape index (κ2) is 4.65. The van der Waals surface area contributed by atoms with Crippen LogP contribution in [0.25, 0.3) is 0 Å². The minimum absolute atomic E-state index is 0.337. The standard InChI is InChI=1S/C12H23NO2S/c1-2-8-16(14,15)9-7-12(5-6-12)10-13-11-3-4-11/h11,13H,2-10H2,1H3. The molecule has 0 aliphatic heterocycles. The summed E-state index contributed by atoms with van der Waals surface area (Å²) in [4.78, 5) is 0. The normalized spacial score (nSPS) is 23.3. The van der Waals surface area contributed by atoms with Gasteiger partial charge in [0.15, 0.2) is 0 Å². The predicted molar refractivity (Wildman–Crippen MR) is 66.3 cm³/mol. The number of nitrogens with one attached hydrogen (secondary N) is 1. The Bertz CT molecular complexity index is 329. The molecule has 0 heterocycles. The van der Waals surface area contributed by atoms with E-state index in [1.807, 2.05) is 6.92 Å². The minimum atomic E-state index is -2.78. The van der Waals surface area contributed by atoms with Gasteiger partial charge in [-0.3, -0.25) is 0 Å². The third-order valence-corrected chi connectivity index (χ3v) is 5.62. The van der Waals surface area contributed by atoms with Gasteiger partial charge in [-0.1, -0.05) is 6.92 Å². The highest BCUT2D eigenvalue weighted by molar-refractivity contribution is 7.91. The van der Waals surface area contributed by atoms with Gasteiger partial charge in [-0.15, -0.1) is 0 Å². The van der Waals surface area contributed by atoms with Gasteiger partial charge in [-0.05, 0) is 43.9 Å². The average Bonchev–Trinajstić information content (AvgIpc) is 3.10. The Morgan fingerprint density at radius 2 is 1.94 bits per heavy atom. The molecule has 1 N–H and O–H groups in total. The van der Waals surface area contributed by atoms with Crippen LogP contribution in [0.3, 0.4) is 0 Å². The fourth-order valence-electron chi connectivity index (χ4n) is 2.13. The van der Waals surface area contributed by atoms with Gasteiger partial charge in [0.2, 0.25) is 0 Å². The lowest BCUT2D eigenvalue weighted by Crippen LogP contribution is -2.27. The molecule has 0 bridgehead atoms. The molecule has 0 amide bonds. The molecule has 3 nitrogen and oxygen atoms in total. The molecule has 2 aliphatic rings. The second-order valence-corrected chi connectivity index (χ2v) is 7.86. The first-order valence-electron chi connectivity index (χ1n) is 6.49. The molecular formula is C12H23NO2S. The molecule has 2 aliphatic carbocycles. The van der Waals surface area contributed by atoms with Crippen molar-refractivity contribution in [1.29, 1.82) is 0 Å². The van der Waals surface area contributed by atoms with Crippen LogP contribution in [-0.2, 0) is 9.84 Å². The smallest absolute Gasteiger partial charge is 0.150 e. The summed E-state index contributed by atoms with van der Waals surface area (Å²) in [6.45, 7) is 2.97. The Hall–Kier alpha value is -0.0900. The van der Waals surface area contributed by atoms with Crippen LogP contribution in [0.2, 0.25) is 0 Å². The van der Waals surface area contributed by atoms with Crippen LogP contribution in [0.5, 0.6) is 0 Å². The summed E-state index contributed by atoms with van der Waals surface area (Å²) in [6.07, 6.45) is 6.67. The summed E-state index contributed by atoms with van der Waals surface area (Å²) in [5.41, 5.74) is 0.337. The molecule has 0 aromatic heterocycles. The van der Waals surface area contributed by atoms with E-state index >= 15 is 0 Å². The van der Waals surface area contributed by atoms with E-state index in [0.29, 0.717) is 16.9 Å². The highest BCUT2D eigenvalue weighted by Crippen LogP contribution is 2.48. The van der Waals surface area contributed by atoms with Crippen molar-refractivity contribution in [2.75, 3.05) is 18.1 Å². The molecule has 0 aromatic rings. The molecular weight excluding hydrogens is 222 g/mol. The fraction of sp³-hybridized carbons (Fsp3) is 1.00. The maximum absolute atomic E-state index is 11.6. The summed E-state index contributed by atoms with van der Waals surface area (Å²) >= 11 is 0. The molecule has 16 heavy (non-hydrogen) atoms. The summed E-state index contributed by atoms with van der Waals surface area (Å²) < 4.78 is 23.3. The summed E-state index contributed by atoms with van der Waals surface area (Å²) in [5.74, 6) is 0.756. The minimum Gasteiger partial charge on any atom is -0.313 e. The topological polar surface area (TPSA) is 46.2 Å². The van der Waals surface area contributed by atoms with Crippen molar-refractivity contribution in [1.82, 2.24) is 5.32 Å². The molecule has 2 rings (SSSR count). The Kier molecular flexibility index (Phi) is 3.59. The van der Waals surface area contributed by atoms with E-state index in [0.717, 1.165) is 25.4 Å². The van der Waals surface area contributed by atoms with Crippen molar-refractivity contribution < 1.29 is 8.42 Å². The monoisotopic (exact) mass is 245 g/mol. The molecule has 2 saturated carbocycles. The number of sulfone groups is 1. The first kappa shape index (κ1) is 12.4. The molecule has 94 valence electrons. The Labute approximate surface area is 98.9 Å². The van der Waals surface area contributed by atoms with Crippen molar-refractivity contribution >= 4 is 9.84 Å². The van der Waals surface area contributed by atoms with E-state index in [2.05, 4.69) is 5.32 Å². The van der Waals surface area contributed by atoms with Crippen LogP contribution in [0.4, 0.5) is 0 Å². The van der Waals surface area contributed by atoms with Gasteiger partial charge in [-0.25, -0.2) is 8.42 Å². The van der Waals surface area contributed by atoms with Crippen LogP contribution in [0, 0.1) is 5.41 Å². The number of hydrogen-bond donors (Lipinski definition) is 1. The average molecular weight is 245 g/mol. The first-order chi connectivity index (χ1) is 7.55. The fourth-order valence-corrected chi connectivity index (χ4v) is 3.70. The van der Waals surface area contributed by atoms with E-state index < -0.39 is 9.84 Å². The zero-order valence-electron chi connectivity index (χ0n) is 10.2. The van der Waals surface area contributed by atoms with Crippen molar-refractivity contribution in [3.63, 3.8) is 0 Å². The lowest BCUT2D eigenvalue weighted by molar-refractivity contribution is 0.441. The van der Waals surface area contributed by atoms with Gasteiger partial charge < -0.3 is 5.32 Å². The van der Waals surface area contributed by atoms with Crippen LogP contribution in [0.15, 0.2) is 0 Å². The summed E-state index contributed by atoms with van der Waals surface area (Å²) in [5, 5.41) is 3.53. The quantitative estimate of drug-likeness (QED) is 0.708. The highest BCUT2D eigenvalue weighted by Gasteiger charge is 2.43.